The number of hydrogen-bond donors (Lipinski definition) is 3. The predicted octanol–water partition coefficient (Wildman–Crippen LogP) is 5.74. The van der Waals surface area contributed by atoms with Gasteiger partial charge in [-0.05, 0) is 52.2 Å². The van der Waals surface area contributed by atoms with Crippen molar-refractivity contribution in [3.05, 3.63) is 80.2 Å². The number of amides is 2. The average Bonchev–Trinajstić information content (AvgIpc) is 3.33. The molecular weight excluding hydrogens is 651 g/mol. The van der Waals surface area contributed by atoms with Crippen LogP contribution >= 0.6 is 22.7 Å². The lowest BCUT2D eigenvalue weighted by molar-refractivity contribution is -0.955. The molecule has 2 amide bonds. The monoisotopic (exact) mass is 698 g/mol. The third kappa shape index (κ3) is 6.58. The summed E-state index contributed by atoms with van der Waals surface area (Å²) in [4.78, 5) is 29.0. The number of aliphatic hydroxyl groups is 1. The predicted molar refractivity (Wildman–Crippen MR) is 187 cm³/mol. The first kappa shape index (κ1) is 34.3. The number of hydrogen-bond acceptors (Lipinski definition) is 8. The van der Waals surface area contributed by atoms with Gasteiger partial charge in [0.2, 0.25) is 5.60 Å². The average molecular weight is 699 g/mol. The van der Waals surface area contributed by atoms with Gasteiger partial charge in [0, 0.05) is 19.4 Å². The van der Waals surface area contributed by atoms with E-state index >= 15 is 0 Å². The summed E-state index contributed by atoms with van der Waals surface area (Å²) in [5.41, 5.74) is 0.449. The highest BCUT2D eigenvalue weighted by atomic mass is 32.1. The van der Waals surface area contributed by atoms with E-state index in [1.54, 1.807) is 0 Å². The number of nitrogens with one attached hydrogen (secondary N) is 2. The van der Waals surface area contributed by atoms with Gasteiger partial charge in [0.15, 0.2) is 8.32 Å². The molecule has 5 heterocycles. The van der Waals surface area contributed by atoms with Gasteiger partial charge < -0.3 is 34.1 Å². The highest BCUT2D eigenvalue weighted by molar-refractivity contribution is 7.12. The van der Waals surface area contributed by atoms with Crippen molar-refractivity contribution in [3.8, 4) is 0 Å². The maximum Gasteiger partial charge on any atom is 0.348 e. The summed E-state index contributed by atoms with van der Waals surface area (Å²) in [7, 11) is -0.182. The summed E-state index contributed by atoms with van der Waals surface area (Å²) in [5, 5.41) is 19.2. The number of piperidine rings is 1. The van der Waals surface area contributed by atoms with Crippen LogP contribution in [-0.4, -0.2) is 80.4 Å². The molecule has 3 fully saturated rings. The number of urea groups is 1. The molecule has 2 bridgehead atoms. The Morgan fingerprint density at radius 2 is 1.60 bits per heavy atom. The molecule has 2 aromatic heterocycles. The second kappa shape index (κ2) is 13.0. The maximum absolute atomic E-state index is 14.7. The van der Waals surface area contributed by atoms with Crippen LogP contribution in [0, 0.1) is 0 Å². The van der Waals surface area contributed by atoms with Crippen molar-refractivity contribution in [2.75, 3.05) is 20.1 Å². The number of likely N-dealkylation sites (N-methyl/N-ethyl adjacent to an activating group) is 1. The molecule has 0 spiro atoms. The van der Waals surface area contributed by atoms with Crippen molar-refractivity contribution >= 4 is 43.0 Å². The third-order valence-corrected chi connectivity index (χ3v) is 17.2. The number of aliphatic hydroxyl groups excluding tert-OH is 1. The maximum atomic E-state index is 14.7. The molecule has 254 valence electrons. The molecule has 0 aliphatic carbocycles. The Labute approximate surface area is 287 Å². The van der Waals surface area contributed by atoms with E-state index in [0.717, 1.165) is 31.9 Å². The van der Waals surface area contributed by atoms with Gasteiger partial charge in [0.1, 0.15) is 30.4 Å². The van der Waals surface area contributed by atoms with Gasteiger partial charge in [0.25, 0.3) is 0 Å². The van der Waals surface area contributed by atoms with Crippen LogP contribution < -0.4 is 10.6 Å². The number of quaternary nitrogens is 1. The number of benzene rings is 1. The Balaban J connectivity index is 1.13. The first-order valence-electron chi connectivity index (χ1n) is 16.5. The largest absolute Gasteiger partial charge is 0.459 e. The third-order valence-electron chi connectivity index (χ3n) is 10.9. The molecule has 3 N–H and O–H groups in total. The first-order chi connectivity index (χ1) is 22.3. The van der Waals surface area contributed by atoms with Crippen LogP contribution in [0.2, 0.25) is 18.1 Å². The van der Waals surface area contributed by atoms with Crippen LogP contribution in [0.15, 0.2) is 59.3 Å². The zero-order valence-electron chi connectivity index (χ0n) is 28.2. The number of thiophene rings is 2. The van der Waals surface area contributed by atoms with E-state index in [2.05, 4.69) is 51.5 Å². The summed E-state index contributed by atoms with van der Waals surface area (Å²) < 4.78 is 20.6. The van der Waals surface area contributed by atoms with Crippen molar-refractivity contribution in [1.29, 1.82) is 0 Å². The van der Waals surface area contributed by atoms with Gasteiger partial charge >= 0.3 is 12.0 Å². The van der Waals surface area contributed by atoms with Crippen molar-refractivity contribution in [2.24, 2.45) is 0 Å². The number of epoxide rings is 1. The standard InChI is InChI=1S/C35H47N3O6S2Si/c1-34(2,3)47(5,6)44-35(28-12-8-16-45-28,29-13-9-17-46-29)32(40)42-25-19-26-30-31(43-30)27(20-25)38(26,4)15-14-36-33(41)37-21-23-10-7-11-24(18-23)22-39/h7-13,16-18,25-27,30-31,39H,14-15,19-22H2,1-6H3,(H-,36,37,41)/p+1. The van der Waals surface area contributed by atoms with E-state index in [9.17, 15) is 14.7 Å². The number of ether oxygens (including phenoxy) is 2. The molecule has 6 rings (SSSR count). The van der Waals surface area contributed by atoms with Gasteiger partial charge in [-0.1, -0.05) is 57.2 Å². The lowest BCUT2D eigenvalue weighted by Gasteiger charge is -2.49. The number of rotatable bonds is 12. The van der Waals surface area contributed by atoms with Gasteiger partial charge in [-0.3, -0.25) is 0 Å². The van der Waals surface area contributed by atoms with Gasteiger partial charge in [-0.15, -0.1) is 22.7 Å². The van der Waals surface area contributed by atoms with E-state index in [0.29, 0.717) is 25.9 Å². The minimum absolute atomic E-state index is 0.0283. The number of carbonyl (C=O) groups is 2. The number of esters is 1. The van der Waals surface area contributed by atoms with E-state index in [-0.39, 0.29) is 54.0 Å². The lowest BCUT2D eigenvalue weighted by Crippen LogP contribution is -2.64. The molecule has 0 saturated carbocycles. The zero-order chi connectivity index (χ0) is 33.6. The lowest BCUT2D eigenvalue weighted by atomic mass is 9.94. The molecule has 0 radical (unpaired) electrons. The smallest absolute Gasteiger partial charge is 0.348 e. The summed E-state index contributed by atoms with van der Waals surface area (Å²) in [6.45, 7) is 12.6. The normalized spacial score (nSPS) is 26.8. The van der Waals surface area contributed by atoms with Crippen molar-refractivity contribution in [3.63, 3.8) is 0 Å². The second-order valence-electron chi connectivity index (χ2n) is 14.9. The van der Waals surface area contributed by atoms with Crippen LogP contribution in [0.5, 0.6) is 0 Å². The molecule has 4 unspecified atom stereocenters. The fourth-order valence-corrected chi connectivity index (χ4v) is 10.5. The molecule has 4 atom stereocenters. The summed E-state index contributed by atoms with van der Waals surface area (Å²) >= 11 is 3.07. The Morgan fingerprint density at radius 1 is 0.979 bits per heavy atom. The molecular formula is C35H48N3O6S2Si+. The molecule has 47 heavy (non-hydrogen) atoms. The van der Waals surface area contributed by atoms with E-state index in [4.69, 9.17) is 13.9 Å². The number of carbonyl (C=O) groups excluding carboxylic acids is 2. The Bertz CT molecular complexity index is 1500. The first-order valence-corrected chi connectivity index (χ1v) is 21.2. The topological polar surface area (TPSA) is 109 Å². The second-order valence-corrected chi connectivity index (χ2v) is 21.5. The van der Waals surface area contributed by atoms with Crippen molar-refractivity contribution < 1.29 is 33.1 Å². The fraction of sp³-hybridized carbons (Fsp3) is 0.543. The van der Waals surface area contributed by atoms with Gasteiger partial charge in [-0.25, -0.2) is 9.59 Å². The van der Waals surface area contributed by atoms with Gasteiger partial charge in [-0.2, -0.15) is 0 Å². The molecule has 9 nitrogen and oxygen atoms in total. The summed E-state index contributed by atoms with van der Waals surface area (Å²) in [5.74, 6) is -0.329. The Hall–Kier alpha value is -2.58. The van der Waals surface area contributed by atoms with Crippen molar-refractivity contribution in [2.45, 2.75) is 101 Å². The van der Waals surface area contributed by atoms with E-state index in [1.165, 1.54) is 22.7 Å². The summed E-state index contributed by atoms with van der Waals surface area (Å²) in [6.07, 6.45) is 1.48. The zero-order valence-corrected chi connectivity index (χ0v) is 30.8. The SMILES string of the molecule is CC(C)(C)[Si](C)(C)OC(C(=O)OC1CC2C3OC3C(C1)[N+]2(C)CCNC(=O)NCc1cccc(CO)c1)(c1cccs1)c1cccs1. The molecule has 3 saturated heterocycles. The number of morpholine rings is 1. The minimum atomic E-state index is -2.44. The van der Waals surface area contributed by atoms with Gasteiger partial charge in [0.05, 0.1) is 36.5 Å². The summed E-state index contributed by atoms with van der Waals surface area (Å²) in [6, 6.07) is 15.6. The Morgan fingerprint density at radius 3 is 2.15 bits per heavy atom. The minimum Gasteiger partial charge on any atom is -0.459 e. The fourth-order valence-electron chi connectivity index (χ4n) is 7.17. The molecule has 3 aliphatic rings. The Kier molecular flexibility index (Phi) is 9.51. The van der Waals surface area contributed by atoms with Crippen LogP contribution in [0.3, 0.4) is 0 Å². The molecule has 3 aliphatic heterocycles. The van der Waals surface area contributed by atoms with Crippen molar-refractivity contribution in [1.82, 2.24) is 10.6 Å². The van der Waals surface area contributed by atoms with Crippen LogP contribution in [0.1, 0.15) is 54.5 Å². The highest BCUT2D eigenvalue weighted by Crippen LogP contribution is 2.53. The number of fused-ring (bicyclic) bond motifs is 5. The van der Waals surface area contributed by atoms with Crippen LogP contribution in [0.4, 0.5) is 4.79 Å². The highest BCUT2D eigenvalue weighted by Gasteiger charge is 2.72. The van der Waals surface area contributed by atoms with E-state index in [1.807, 2.05) is 59.3 Å². The van der Waals surface area contributed by atoms with E-state index < -0.39 is 13.9 Å². The number of nitrogens with zero attached hydrogens (tertiary/aromatic N) is 1. The molecule has 3 aromatic rings. The van der Waals surface area contributed by atoms with Crippen LogP contribution in [0.25, 0.3) is 0 Å². The molecule has 1 aromatic carbocycles. The van der Waals surface area contributed by atoms with Crippen LogP contribution in [-0.2, 0) is 37.4 Å². The molecule has 12 heteroatoms. The quantitative estimate of drug-likeness (QED) is 0.0965.